The highest BCUT2D eigenvalue weighted by Gasteiger charge is 2.23. The highest BCUT2D eigenvalue weighted by Crippen LogP contribution is 2.20. The van der Waals surface area contributed by atoms with E-state index >= 15 is 0 Å². The second-order valence-corrected chi connectivity index (χ2v) is 9.43. The van der Waals surface area contributed by atoms with Crippen molar-refractivity contribution in [3.05, 3.63) is 112 Å². The summed E-state index contributed by atoms with van der Waals surface area (Å²) >= 11 is 0. The molecule has 1 aliphatic heterocycles. The van der Waals surface area contributed by atoms with E-state index in [2.05, 4.69) is 28.8 Å². The number of amides is 2. The van der Waals surface area contributed by atoms with Crippen molar-refractivity contribution in [1.82, 2.24) is 19.8 Å². The molecule has 0 unspecified atom stereocenters. The molecule has 0 spiro atoms. The Kier molecular flexibility index (Phi) is 8.94. The van der Waals surface area contributed by atoms with Crippen molar-refractivity contribution in [2.75, 3.05) is 31.6 Å². The quantitative estimate of drug-likeness (QED) is 0.397. The molecule has 1 aliphatic rings. The molecule has 1 fully saturated rings. The third-order valence-electron chi connectivity index (χ3n) is 6.52. The van der Waals surface area contributed by atoms with Crippen molar-refractivity contribution in [2.45, 2.75) is 26.4 Å². The molecule has 9 heteroatoms. The molecule has 0 radical (unpaired) electrons. The number of hydrogen-bond donors (Lipinski definition) is 2. The van der Waals surface area contributed by atoms with Crippen molar-refractivity contribution in [1.29, 1.82) is 0 Å². The molecule has 1 saturated heterocycles. The lowest BCUT2D eigenvalue weighted by atomic mass is 10.1. The number of nitrogens with zero attached hydrogens (tertiary/aromatic N) is 3. The predicted molar refractivity (Wildman–Crippen MR) is 151 cm³/mol. The Morgan fingerprint density at radius 2 is 1.72 bits per heavy atom. The fraction of sp³-hybridized carbons (Fsp3) is 0.267. The van der Waals surface area contributed by atoms with Crippen LogP contribution in [0.4, 0.5) is 5.82 Å². The van der Waals surface area contributed by atoms with Crippen molar-refractivity contribution < 1.29 is 14.3 Å². The first-order valence-corrected chi connectivity index (χ1v) is 12.8. The SMILES string of the molecule is C=C1CN(C(=O)COc2ccccc2CNC(=O)Cn2c(C)cnc(NCCc3ccccc3)c2=O)CC1=C. The van der Waals surface area contributed by atoms with Gasteiger partial charge in [-0.15, -0.1) is 0 Å². The zero-order chi connectivity index (χ0) is 27.8. The maximum absolute atomic E-state index is 13.0. The summed E-state index contributed by atoms with van der Waals surface area (Å²) in [6, 6.07) is 17.1. The molecule has 0 atom stereocenters. The van der Waals surface area contributed by atoms with Gasteiger partial charge in [0.25, 0.3) is 11.5 Å². The van der Waals surface area contributed by atoms with Gasteiger partial charge >= 0.3 is 0 Å². The van der Waals surface area contributed by atoms with Gasteiger partial charge in [-0.1, -0.05) is 61.7 Å². The van der Waals surface area contributed by atoms with Gasteiger partial charge in [-0.3, -0.25) is 19.0 Å². The number of aryl methyl sites for hydroxylation is 1. The van der Waals surface area contributed by atoms with E-state index in [0.717, 1.165) is 28.7 Å². The minimum Gasteiger partial charge on any atom is -0.483 e. The van der Waals surface area contributed by atoms with Crippen LogP contribution in [0.1, 0.15) is 16.8 Å². The van der Waals surface area contributed by atoms with Crippen LogP contribution in [0.25, 0.3) is 0 Å². The number of rotatable bonds is 11. The highest BCUT2D eigenvalue weighted by molar-refractivity contribution is 5.79. The van der Waals surface area contributed by atoms with Crippen LogP contribution in [0.3, 0.4) is 0 Å². The second kappa shape index (κ2) is 12.7. The fourth-order valence-electron chi connectivity index (χ4n) is 4.19. The van der Waals surface area contributed by atoms with Gasteiger partial charge in [0.15, 0.2) is 12.4 Å². The lowest BCUT2D eigenvalue weighted by molar-refractivity contribution is -0.132. The number of para-hydroxylation sites is 1. The molecule has 3 aromatic rings. The molecular formula is C30H33N5O4. The van der Waals surface area contributed by atoms with Crippen molar-refractivity contribution in [3.8, 4) is 5.75 Å². The number of anilines is 1. The van der Waals surface area contributed by atoms with Crippen LogP contribution in [-0.4, -0.2) is 52.5 Å². The Morgan fingerprint density at radius 1 is 1.03 bits per heavy atom. The fourth-order valence-corrected chi connectivity index (χ4v) is 4.19. The lowest BCUT2D eigenvalue weighted by Crippen LogP contribution is -2.35. The van der Waals surface area contributed by atoms with Gasteiger partial charge in [-0.2, -0.15) is 0 Å². The predicted octanol–water partition coefficient (Wildman–Crippen LogP) is 2.86. The molecule has 9 nitrogen and oxygen atoms in total. The van der Waals surface area contributed by atoms with Crippen molar-refractivity contribution >= 4 is 17.6 Å². The van der Waals surface area contributed by atoms with E-state index in [1.807, 2.05) is 42.5 Å². The molecule has 2 aromatic carbocycles. The minimum absolute atomic E-state index is 0.128. The Morgan fingerprint density at radius 3 is 2.46 bits per heavy atom. The van der Waals surface area contributed by atoms with Crippen molar-refractivity contribution in [2.24, 2.45) is 0 Å². The average molecular weight is 528 g/mol. The van der Waals surface area contributed by atoms with E-state index in [0.29, 0.717) is 31.1 Å². The molecule has 39 heavy (non-hydrogen) atoms. The summed E-state index contributed by atoms with van der Waals surface area (Å²) in [6.07, 6.45) is 2.32. The van der Waals surface area contributed by atoms with Crippen LogP contribution in [0, 0.1) is 6.92 Å². The van der Waals surface area contributed by atoms with Crippen molar-refractivity contribution in [3.63, 3.8) is 0 Å². The summed E-state index contributed by atoms with van der Waals surface area (Å²) in [5, 5.41) is 5.93. The standard InChI is InChI=1S/C30H33N5O4/c1-21-17-34(18-22(21)2)28(37)20-39-26-12-8-7-11-25(26)16-32-27(36)19-35-23(3)15-33-29(30(35)38)31-14-13-24-9-5-4-6-10-24/h4-12,15H,1-2,13-14,16-20H2,3H3,(H,31,33)(H,32,36). The molecule has 4 rings (SSSR count). The van der Waals surface area contributed by atoms with Crippen LogP contribution in [0.15, 0.2) is 89.9 Å². The van der Waals surface area contributed by atoms with E-state index in [1.54, 1.807) is 30.2 Å². The third kappa shape index (κ3) is 7.22. The number of benzene rings is 2. The minimum atomic E-state index is -0.354. The number of carbonyl (C=O) groups excluding carboxylic acids is 2. The molecule has 0 bridgehead atoms. The van der Waals surface area contributed by atoms with E-state index in [-0.39, 0.29) is 42.9 Å². The van der Waals surface area contributed by atoms with Gasteiger partial charge in [0.2, 0.25) is 5.91 Å². The van der Waals surface area contributed by atoms with Crippen LogP contribution in [-0.2, 0) is 29.1 Å². The van der Waals surface area contributed by atoms with E-state index in [1.165, 1.54) is 4.57 Å². The van der Waals surface area contributed by atoms with Gasteiger partial charge in [0.1, 0.15) is 12.3 Å². The number of likely N-dealkylation sites (tertiary alicyclic amines) is 1. The summed E-state index contributed by atoms with van der Waals surface area (Å²) < 4.78 is 7.18. The van der Waals surface area contributed by atoms with Crippen LogP contribution in [0.5, 0.6) is 5.75 Å². The zero-order valence-electron chi connectivity index (χ0n) is 22.1. The Balaban J connectivity index is 1.31. The maximum Gasteiger partial charge on any atom is 0.293 e. The van der Waals surface area contributed by atoms with E-state index in [9.17, 15) is 14.4 Å². The Bertz CT molecular complexity index is 1410. The van der Waals surface area contributed by atoms with E-state index < -0.39 is 0 Å². The van der Waals surface area contributed by atoms with Gasteiger partial charge < -0.3 is 20.3 Å². The van der Waals surface area contributed by atoms with Gasteiger partial charge in [-0.05, 0) is 36.1 Å². The first kappa shape index (κ1) is 27.4. The molecule has 1 aromatic heterocycles. The zero-order valence-corrected chi connectivity index (χ0v) is 22.1. The molecule has 2 N–H and O–H groups in total. The first-order chi connectivity index (χ1) is 18.8. The smallest absolute Gasteiger partial charge is 0.293 e. The van der Waals surface area contributed by atoms with Crippen LogP contribution < -0.4 is 20.9 Å². The lowest BCUT2D eigenvalue weighted by Gasteiger charge is -2.17. The third-order valence-corrected chi connectivity index (χ3v) is 6.52. The average Bonchev–Trinajstić information content (AvgIpc) is 3.28. The monoisotopic (exact) mass is 527 g/mol. The Hall–Kier alpha value is -4.66. The normalized spacial score (nSPS) is 12.9. The summed E-state index contributed by atoms with van der Waals surface area (Å²) in [4.78, 5) is 44.2. The summed E-state index contributed by atoms with van der Waals surface area (Å²) in [6.45, 7) is 10.9. The summed E-state index contributed by atoms with van der Waals surface area (Å²) in [5.74, 6) is 0.221. The molecule has 2 amide bonds. The van der Waals surface area contributed by atoms with Gasteiger partial charge in [-0.25, -0.2) is 4.98 Å². The Labute approximate surface area is 227 Å². The number of ether oxygens (including phenoxy) is 1. The van der Waals surface area contributed by atoms with Crippen LogP contribution >= 0.6 is 0 Å². The molecule has 0 aliphatic carbocycles. The number of aromatic nitrogens is 2. The summed E-state index contributed by atoms with van der Waals surface area (Å²) in [5.41, 5.74) is 3.80. The van der Waals surface area contributed by atoms with Gasteiger partial charge in [0, 0.05) is 43.6 Å². The van der Waals surface area contributed by atoms with Crippen LogP contribution in [0.2, 0.25) is 0 Å². The highest BCUT2D eigenvalue weighted by atomic mass is 16.5. The molecule has 2 heterocycles. The number of nitrogens with one attached hydrogen (secondary N) is 2. The topological polar surface area (TPSA) is 106 Å². The molecule has 0 saturated carbocycles. The van der Waals surface area contributed by atoms with Gasteiger partial charge in [0.05, 0.1) is 0 Å². The van der Waals surface area contributed by atoms with E-state index in [4.69, 9.17) is 4.74 Å². The largest absolute Gasteiger partial charge is 0.483 e. The first-order valence-electron chi connectivity index (χ1n) is 12.8. The summed E-state index contributed by atoms with van der Waals surface area (Å²) in [7, 11) is 0. The maximum atomic E-state index is 13.0. The number of hydrogen-bond acceptors (Lipinski definition) is 6. The number of carbonyl (C=O) groups is 2. The molecule has 202 valence electrons. The molecular weight excluding hydrogens is 494 g/mol. The second-order valence-electron chi connectivity index (χ2n) is 9.43.